The van der Waals surface area contributed by atoms with Crippen molar-refractivity contribution in [3.05, 3.63) is 38.2 Å². The van der Waals surface area contributed by atoms with Crippen LogP contribution in [-0.4, -0.2) is 26.8 Å². The molecule has 0 atom stereocenters. The Labute approximate surface area is 131 Å². The Morgan fingerprint density at radius 2 is 2.05 bits per heavy atom. The van der Waals surface area contributed by atoms with Gasteiger partial charge in [0.1, 0.15) is 0 Å². The largest absolute Gasteiger partial charge is 0.476 e. The Balaban J connectivity index is 2.72. The number of halogens is 2. The van der Waals surface area contributed by atoms with Gasteiger partial charge < -0.3 is 16.6 Å². The lowest BCUT2D eigenvalue weighted by atomic mass is 10.2. The van der Waals surface area contributed by atoms with Gasteiger partial charge in [-0.15, -0.1) is 0 Å². The van der Waals surface area contributed by atoms with E-state index < -0.39 is 11.9 Å². The summed E-state index contributed by atoms with van der Waals surface area (Å²) in [5.74, 6) is -2.22. The molecule has 0 spiro atoms. The van der Waals surface area contributed by atoms with Gasteiger partial charge in [0.05, 0.1) is 16.4 Å². The van der Waals surface area contributed by atoms with Crippen LogP contribution in [-0.2, 0) is 0 Å². The molecule has 2 rings (SSSR count). The van der Waals surface area contributed by atoms with Gasteiger partial charge in [-0.1, -0.05) is 11.6 Å². The number of anilines is 1. The van der Waals surface area contributed by atoms with Crippen molar-refractivity contribution in [2.24, 2.45) is 5.73 Å². The van der Waals surface area contributed by atoms with Gasteiger partial charge in [-0.05, 0) is 40.8 Å². The number of carbonyl (C=O) groups excluding carboxylic acids is 1. The number of carboxylic acids is 1. The fraction of sp³-hybridized carbons (Fsp3) is 0. The van der Waals surface area contributed by atoms with Crippen LogP contribution in [0.25, 0.3) is 5.69 Å². The van der Waals surface area contributed by atoms with Gasteiger partial charge in [0, 0.05) is 3.57 Å². The van der Waals surface area contributed by atoms with E-state index in [1.54, 1.807) is 12.1 Å². The molecule has 0 saturated heterocycles. The molecule has 9 heteroatoms. The SMILES string of the molecule is NC(=O)c1nn(-c2ccc(I)c(Cl)c2)c(C(=O)O)c1N. The molecule has 0 bridgehead atoms. The zero-order valence-electron chi connectivity index (χ0n) is 9.80. The summed E-state index contributed by atoms with van der Waals surface area (Å²) in [4.78, 5) is 22.5. The summed E-state index contributed by atoms with van der Waals surface area (Å²) in [6.07, 6.45) is 0. The van der Waals surface area contributed by atoms with Gasteiger partial charge >= 0.3 is 5.97 Å². The van der Waals surface area contributed by atoms with E-state index in [4.69, 9.17) is 23.1 Å². The number of amides is 1. The average molecular weight is 407 g/mol. The molecule has 0 aliphatic heterocycles. The number of aromatic nitrogens is 2. The number of aromatic carboxylic acids is 1. The van der Waals surface area contributed by atoms with Crippen LogP contribution in [0.4, 0.5) is 5.69 Å². The Hall–Kier alpha value is -1.81. The smallest absolute Gasteiger partial charge is 0.356 e. The van der Waals surface area contributed by atoms with Crippen molar-refractivity contribution >= 4 is 51.8 Å². The first-order valence-electron chi connectivity index (χ1n) is 5.20. The van der Waals surface area contributed by atoms with Crippen molar-refractivity contribution in [3.8, 4) is 5.69 Å². The predicted molar refractivity (Wildman–Crippen MR) is 81.2 cm³/mol. The molecule has 1 aromatic heterocycles. The molecular formula is C11H8ClIN4O3. The standard InChI is InChI=1S/C11H8ClIN4O3/c12-5-3-4(1-2-6(5)13)17-9(11(19)20)7(14)8(16-17)10(15)18/h1-3H,14H2,(H2,15,18)(H,19,20). The normalized spacial score (nSPS) is 10.5. The minimum atomic E-state index is -1.32. The highest BCUT2D eigenvalue weighted by molar-refractivity contribution is 14.1. The van der Waals surface area contributed by atoms with Crippen LogP contribution < -0.4 is 11.5 Å². The maximum atomic E-state index is 11.3. The van der Waals surface area contributed by atoms with E-state index in [0.29, 0.717) is 10.7 Å². The van der Waals surface area contributed by atoms with Gasteiger partial charge in [-0.3, -0.25) is 4.79 Å². The van der Waals surface area contributed by atoms with Crippen LogP contribution in [0.5, 0.6) is 0 Å². The lowest BCUT2D eigenvalue weighted by Crippen LogP contribution is -2.14. The lowest BCUT2D eigenvalue weighted by Gasteiger charge is -2.06. The van der Waals surface area contributed by atoms with Crippen LogP contribution in [0.3, 0.4) is 0 Å². The molecule has 104 valence electrons. The van der Waals surface area contributed by atoms with Crippen molar-refractivity contribution in [1.82, 2.24) is 9.78 Å². The number of nitrogen functional groups attached to an aromatic ring is 1. The quantitative estimate of drug-likeness (QED) is 0.667. The van der Waals surface area contributed by atoms with Gasteiger partial charge in [0.25, 0.3) is 5.91 Å². The Morgan fingerprint density at radius 3 is 2.55 bits per heavy atom. The summed E-state index contributed by atoms with van der Waals surface area (Å²) in [7, 11) is 0. The molecule has 0 aliphatic carbocycles. The van der Waals surface area contributed by atoms with E-state index in [1.165, 1.54) is 6.07 Å². The minimum absolute atomic E-state index is 0.278. The summed E-state index contributed by atoms with van der Waals surface area (Å²) < 4.78 is 1.82. The minimum Gasteiger partial charge on any atom is -0.476 e. The Bertz CT molecular complexity index is 729. The van der Waals surface area contributed by atoms with Crippen molar-refractivity contribution in [2.45, 2.75) is 0 Å². The first-order chi connectivity index (χ1) is 9.32. The van der Waals surface area contributed by atoms with Crippen LogP contribution in [0, 0.1) is 3.57 Å². The molecule has 20 heavy (non-hydrogen) atoms. The first kappa shape index (κ1) is 14.6. The first-order valence-corrected chi connectivity index (χ1v) is 6.65. The second-order valence-corrected chi connectivity index (χ2v) is 5.36. The third-order valence-corrected chi connectivity index (χ3v) is 4.08. The van der Waals surface area contributed by atoms with E-state index in [0.717, 1.165) is 8.25 Å². The monoisotopic (exact) mass is 406 g/mol. The maximum Gasteiger partial charge on any atom is 0.356 e. The Kier molecular flexibility index (Phi) is 3.86. The van der Waals surface area contributed by atoms with Gasteiger partial charge in [0.2, 0.25) is 0 Å². The van der Waals surface area contributed by atoms with Crippen LogP contribution in [0.1, 0.15) is 21.0 Å². The topological polar surface area (TPSA) is 124 Å². The predicted octanol–water partition coefficient (Wildman–Crippen LogP) is 1.51. The lowest BCUT2D eigenvalue weighted by molar-refractivity contribution is 0.0688. The van der Waals surface area contributed by atoms with Gasteiger partial charge in [-0.25, -0.2) is 9.48 Å². The Morgan fingerprint density at radius 1 is 1.40 bits per heavy atom. The van der Waals surface area contributed by atoms with E-state index in [9.17, 15) is 14.7 Å². The molecule has 0 fully saturated rings. The fourth-order valence-corrected chi connectivity index (χ4v) is 2.13. The highest BCUT2D eigenvalue weighted by Crippen LogP contribution is 2.25. The van der Waals surface area contributed by atoms with E-state index in [2.05, 4.69) is 5.10 Å². The molecule has 0 radical (unpaired) electrons. The van der Waals surface area contributed by atoms with Crippen LogP contribution >= 0.6 is 34.2 Å². The van der Waals surface area contributed by atoms with Crippen molar-refractivity contribution in [2.75, 3.05) is 5.73 Å². The number of rotatable bonds is 3. The second kappa shape index (κ2) is 5.29. The molecule has 0 unspecified atom stereocenters. The third kappa shape index (κ3) is 2.43. The number of carbonyl (C=O) groups is 2. The van der Waals surface area contributed by atoms with Crippen LogP contribution in [0.15, 0.2) is 18.2 Å². The van der Waals surface area contributed by atoms with Gasteiger partial charge in [0.15, 0.2) is 11.4 Å². The zero-order valence-corrected chi connectivity index (χ0v) is 12.7. The molecule has 7 nitrogen and oxygen atoms in total. The summed E-state index contributed by atoms with van der Waals surface area (Å²) in [5.41, 5.74) is 10.2. The zero-order chi connectivity index (χ0) is 15.0. The van der Waals surface area contributed by atoms with Crippen molar-refractivity contribution < 1.29 is 14.7 Å². The highest BCUT2D eigenvalue weighted by atomic mass is 127. The molecule has 1 aromatic carbocycles. The van der Waals surface area contributed by atoms with Crippen LogP contribution in [0.2, 0.25) is 5.02 Å². The third-order valence-electron chi connectivity index (χ3n) is 2.51. The van der Waals surface area contributed by atoms with Crippen molar-refractivity contribution in [3.63, 3.8) is 0 Å². The number of nitrogens with two attached hydrogens (primary N) is 2. The summed E-state index contributed by atoms with van der Waals surface area (Å²) in [6, 6.07) is 4.82. The number of hydrogen-bond donors (Lipinski definition) is 3. The maximum absolute atomic E-state index is 11.3. The van der Waals surface area contributed by atoms with Crippen molar-refractivity contribution in [1.29, 1.82) is 0 Å². The average Bonchev–Trinajstić information content (AvgIpc) is 2.70. The number of benzene rings is 1. The fourth-order valence-electron chi connectivity index (χ4n) is 1.62. The number of primary amides is 1. The summed E-state index contributed by atoms with van der Waals surface area (Å²) in [5, 5.41) is 13.5. The van der Waals surface area contributed by atoms with E-state index >= 15 is 0 Å². The number of hydrogen-bond acceptors (Lipinski definition) is 4. The second-order valence-electron chi connectivity index (χ2n) is 3.79. The number of carboxylic acid groups (broad SMARTS) is 1. The molecule has 1 heterocycles. The van der Waals surface area contributed by atoms with Gasteiger partial charge in [-0.2, -0.15) is 5.10 Å². The molecule has 0 aliphatic rings. The van der Waals surface area contributed by atoms with E-state index in [-0.39, 0.29) is 17.1 Å². The summed E-state index contributed by atoms with van der Waals surface area (Å²) >= 11 is 8.01. The molecular weight excluding hydrogens is 399 g/mol. The summed E-state index contributed by atoms with van der Waals surface area (Å²) in [6.45, 7) is 0. The number of nitrogens with zero attached hydrogens (tertiary/aromatic N) is 2. The molecule has 2 aromatic rings. The molecule has 1 amide bonds. The van der Waals surface area contributed by atoms with E-state index in [1.807, 2.05) is 22.6 Å². The highest BCUT2D eigenvalue weighted by Gasteiger charge is 2.25. The molecule has 5 N–H and O–H groups in total. The molecule has 0 saturated carbocycles.